The molecule has 0 atom stereocenters. The van der Waals surface area contributed by atoms with Gasteiger partial charge in [-0.2, -0.15) is 0 Å². The van der Waals surface area contributed by atoms with Gasteiger partial charge in [0, 0.05) is 32.0 Å². The van der Waals surface area contributed by atoms with Gasteiger partial charge in [0.05, 0.1) is 0 Å². The quantitative estimate of drug-likeness (QED) is 0.799. The van der Waals surface area contributed by atoms with Gasteiger partial charge in [0.15, 0.2) is 0 Å². The number of carbonyl (C=O) groups excluding carboxylic acids is 2. The first-order valence-electron chi connectivity index (χ1n) is 10.3. The smallest absolute Gasteiger partial charge is 0.222 e. The van der Waals surface area contributed by atoms with Crippen molar-refractivity contribution in [2.75, 3.05) is 13.1 Å². The number of nitrogens with one attached hydrogen (secondary N) is 1. The zero-order chi connectivity index (χ0) is 19.8. The van der Waals surface area contributed by atoms with Crippen molar-refractivity contribution in [2.45, 2.75) is 51.5 Å². The molecule has 1 saturated heterocycles. The normalized spacial score (nSPS) is 14.7. The maximum Gasteiger partial charge on any atom is 0.222 e. The van der Waals surface area contributed by atoms with E-state index in [9.17, 15) is 9.59 Å². The molecule has 0 radical (unpaired) electrons. The van der Waals surface area contributed by atoms with Gasteiger partial charge in [-0.25, -0.2) is 0 Å². The van der Waals surface area contributed by atoms with E-state index < -0.39 is 0 Å². The third-order valence-electron chi connectivity index (χ3n) is 5.44. The van der Waals surface area contributed by atoms with Crippen LogP contribution >= 0.6 is 0 Å². The summed E-state index contributed by atoms with van der Waals surface area (Å²) in [6.07, 6.45) is 4.30. The second kappa shape index (κ2) is 10.1. The van der Waals surface area contributed by atoms with Crippen LogP contribution in [0.5, 0.6) is 0 Å². The average molecular weight is 379 g/mol. The van der Waals surface area contributed by atoms with Crippen LogP contribution in [0.1, 0.15) is 42.4 Å². The summed E-state index contributed by atoms with van der Waals surface area (Å²) in [6, 6.07) is 18.6. The van der Waals surface area contributed by atoms with E-state index in [1.54, 1.807) is 0 Å². The second-order valence-electron chi connectivity index (χ2n) is 7.69. The number of carbonyl (C=O) groups is 2. The molecule has 4 nitrogen and oxygen atoms in total. The Kier molecular flexibility index (Phi) is 7.24. The van der Waals surface area contributed by atoms with E-state index in [-0.39, 0.29) is 17.9 Å². The van der Waals surface area contributed by atoms with Crippen LogP contribution in [0, 0.1) is 6.92 Å². The molecule has 0 aliphatic carbocycles. The lowest BCUT2D eigenvalue weighted by Gasteiger charge is -2.32. The van der Waals surface area contributed by atoms with Crippen LogP contribution in [0.3, 0.4) is 0 Å². The minimum absolute atomic E-state index is 0.105. The number of hydrogen-bond acceptors (Lipinski definition) is 2. The summed E-state index contributed by atoms with van der Waals surface area (Å²) in [7, 11) is 0. The molecule has 3 rings (SSSR count). The topological polar surface area (TPSA) is 49.4 Å². The van der Waals surface area contributed by atoms with Crippen LogP contribution in [0.25, 0.3) is 0 Å². The van der Waals surface area contributed by atoms with Crippen molar-refractivity contribution in [1.29, 1.82) is 0 Å². The molecule has 28 heavy (non-hydrogen) atoms. The number of likely N-dealkylation sites (tertiary alicyclic amines) is 1. The predicted molar refractivity (Wildman–Crippen MR) is 112 cm³/mol. The Balaban J connectivity index is 1.34. The van der Waals surface area contributed by atoms with Gasteiger partial charge < -0.3 is 10.2 Å². The predicted octanol–water partition coefficient (Wildman–Crippen LogP) is 3.67. The third kappa shape index (κ3) is 6.22. The number of rotatable bonds is 7. The molecule has 2 amide bonds. The molecule has 0 aromatic heterocycles. The Morgan fingerprint density at radius 1 is 0.893 bits per heavy atom. The van der Waals surface area contributed by atoms with Gasteiger partial charge in [0.1, 0.15) is 0 Å². The van der Waals surface area contributed by atoms with Gasteiger partial charge >= 0.3 is 0 Å². The largest absolute Gasteiger partial charge is 0.353 e. The molecule has 1 N–H and O–H groups in total. The molecule has 0 spiro atoms. The fourth-order valence-corrected chi connectivity index (χ4v) is 3.64. The molecule has 1 aliphatic heterocycles. The summed E-state index contributed by atoms with van der Waals surface area (Å²) in [5.74, 6) is 0.322. The monoisotopic (exact) mass is 378 g/mol. The molecule has 0 bridgehead atoms. The van der Waals surface area contributed by atoms with E-state index in [0.29, 0.717) is 12.8 Å². The van der Waals surface area contributed by atoms with Crippen LogP contribution < -0.4 is 5.32 Å². The highest BCUT2D eigenvalue weighted by Gasteiger charge is 2.23. The fourth-order valence-electron chi connectivity index (χ4n) is 3.64. The molecule has 4 heteroatoms. The number of piperidine rings is 1. The minimum Gasteiger partial charge on any atom is -0.353 e. The maximum atomic E-state index is 12.5. The van der Waals surface area contributed by atoms with E-state index >= 15 is 0 Å². The van der Waals surface area contributed by atoms with Crippen LogP contribution in [-0.4, -0.2) is 35.8 Å². The van der Waals surface area contributed by atoms with Gasteiger partial charge in [-0.05, 0) is 43.7 Å². The zero-order valence-electron chi connectivity index (χ0n) is 16.7. The van der Waals surface area contributed by atoms with Crippen molar-refractivity contribution < 1.29 is 9.59 Å². The molecular formula is C24H30N2O2. The molecule has 148 valence electrons. The molecule has 0 unspecified atom stereocenters. The van der Waals surface area contributed by atoms with E-state index in [0.717, 1.165) is 38.8 Å². The fraction of sp³-hybridized carbons (Fsp3) is 0.417. The van der Waals surface area contributed by atoms with Crippen LogP contribution in [0.2, 0.25) is 0 Å². The first-order chi connectivity index (χ1) is 13.6. The highest BCUT2D eigenvalue weighted by atomic mass is 16.2. The molecule has 1 fully saturated rings. The summed E-state index contributed by atoms with van der Waals surface area (Å²) < 4.78 is 0. The highest BCUT2D eigenvalue weighted by Crippen LogP contribution is 2.14. The van der Waals surface area contributed by atoms with E-state index in [1.165, 1.54) is 16.7 Å². The summed E-state index contributed by atoms with van der Waals surface area (Å²) in [4.78, 5) is 26.6. The molecular weight excluding hydrogens is 348 g/mol. The second-order valence-corrected chi connectivity index (χ2v) is 7.69. The maximum absolute atomic E-state index is 12.5. The molecule has 2 aromatic rings. The molecule has 1 aliphatic rings. The molecule has 0 saturated carbocycles. The summed E-state index contributed by atoms with van der Waals surface area (Å²) in [5.41, 5.74) is 3.63. The Labute approximate surface area is 167 Å². The molecule has 1 heterocycles. The lowest BCUT2D eigenvalue weighted by atomic mass is 10.0. The first kappa shape index (κ1) is 20.1. The van der Waals surface area contributed by atoms with Crippen LogP contribution in [0.4, 0.5) is 0 Å². The van der Waals surface area contributed by atoms with Gasteiger partial charge in [-0.3, -0.25) is 9.59 Å². The zero-order valence-corrected chi connectivity index (χ0v) is 16.7. The number of nitrogens with zero attached hydrogens (tertiary/aromatic N) is 1. The van der Waals surface area contributed by atoms with Gasteiger partial charge in [-0.1, -0.05) is 60.2 Å². The van der Waals surface area contributed by atoms with E-state index in [1.807, 2.05) is 35.2 Å². The summed E-state index contributed by atoms with van der Waals surface area (Å²) >= 11 is 0. The van der Waals surface area contributed by atoms with Gasteiger partial charge in [0.2, 0.25) is 11.8 Å². The van der Waals surface area contributed by atoms with Crippen molar-refractivity contribution in [3.05, 3.63) is 71.3 Å². The SMILES string of the molecule is Cc1ccc(CCC(=O)N2CCC(NC(=O)CCc3ccccc3)CC2)cc1. The number of amides is 2. The average Bonchev–Trinajstić information content (AvgIpc) is 2.73. The van der Waals surface area contributed by atoms with Crippen LogP contribution in [-0.2, 0) is 22.4 Å². The van der Waals surface area contributed by atoms with Crippen molar-refractivity contribution in [1.82, 2.24) is 10.2 Å². The standard InChI is InChI=1S/C24H30N2O2/c1-19-7-9-21(10-8-19)12-14-24(28)26-17-15-22(16-18-26)25-23(27)13-11-20-5-3-2-4-6-20/h2-10,22H,11-18H2,1H3,(H,25,27). The highest BCUT2D eigenvalue weighted by molar-refractivity contribution is 5.77. The Bertz CT molecular complexity index is 763. The lowest BCUT2D eigenvalue weighted by Crippen LogP contribution is -2.46. The Morgan fingerprint density at radius 3 is 2.18 bits per heavy atom. The van der Waals surface area contributed by atoms with Gasteiger partial charge in [0.25, 0.3) is 0 Å². The summed E-state index contributed by atoms with van der Waals surface area (Å²) in [5, 5.41) is 3.13. The van der Waals surface area contributed by atoms with Crippen molar-refractivity contribution in [2.24, 2.45) is 0 Å². The minimum atomic E-state index is 0.105. The lowest BCUT2D eigenvalue weighted by molar-refractivity contribution is -0.132. The summed E-state index contributed by atoms with van der Waals surface area (Å²) in [6.45, 7) is 3.53. The van der Waals surface area contributed by atoms with Gasteiger partial charge in [-0.15, -0.1) is 0 Å². The van der Waals surface area contributed by atoms with E-state index in [4.69, 9.17) is 0 Å². The number of benzene rings is 2. The van der Waals surface area contributed by atoms with E-state index in [2.05, 4.69) is 36.5 Å². The first-order valence-corrected chi connectivity index (χ1v) is 10.3. The number of aryl methyl sites for hydroxylation is 3. The Morgan fingerprint density at radius 2 is 1.50 bits per heavy atom. The third-order valence-corrected chi connectivity index (χ3v) is 5.44. The van der Waals surface area contributed by atoms with Crippen molar-refractivity contribution in [3.63, 3.8) is 0 Å². The van der Waals surface area contributed by atoms with Crippen molar-refractivity contribution in [3.8, 4) is 0 Å². The molecule has 2 aromatic carbocycles. The number of hydrogen-bond donors (Lipinski definition) is 1. The van der Waals surface area contributed by atoms with Crippen molar-refractivity contribution >= 4 is 11.8 Å². The van der Waals surface area contributed by atoms with Crippen LogP contribution in [0.15, 0.2) is 54.6 Å². The Hall–Kier alpha value is -2.62.